The van der Waals surface area contributed by atoms with Crippen LogP contribution in [0.25, 0.3) is 10.8 Å². The highest BCUT2D eigenvalue weighted by Crippen LogP contribution is 2.23. The third-order valence-electron chi connectivity index (χ3n) is 4.87. The second-order valence-corrected chi connectivity index (χ2v) is 8.83. The van der Waals surface area contributed by atoms with Crippen LogP contribution in [0.4, 0.5) is 0 Å². The highest BCUT2D eigenvalue weighted by molar-refractivity contribution is 7.91. The van der Waals surface area contributed by atoms with E-state index < -0.39 is 9.84 Å². The summed E-state index contributed by atoms with van der Waals surface area (Å²) in [7, 11) is -3.64. The number of benzene rings is 2. The molecule has 0 aliphatic heterocycles. The van der Waals surface area contributed by atoms with Crippen LogP contribution in [-0.2, 0) is 16.4 Å². The maximum Gasteiger partial charge on any atom is 0.251 e. The van der Waals surface area contributed by atoms with Crippen LogP contribution in [0.15, 0.2) is 89.2 Å². The first kappa shape index (κ1) is 19.7. The molecule has 2 aromatic carbocycles. The minimum Gasteiger partial charge on any atom is -0.348 e. The molecule has 0 atom stereocenters. The quantitative estimate of drug-likeness (QED) is 0.535. The van der Waals surface area contributed by atoms with E-state index in [4.69, 9.17) is 0 Å². The lowest BCUT2D eigenvalue weighted by Gasteiger charge is -2.09. The van der Waals surface area contributed by atoms with Crippen molar-refractivity contribution in [3.05, 3.63) is 96.1 Å². The molecule has 0 saturated heterocycles. The lowest BCUT2D eigenvalue weighted by Crippen LogP contribution is -2.22. The molecular weight excluding hydrogens is 398 g/mol. The molecule has 0 unspecified atom stereocenters. The maximum absolute atomic E-state index is 12.8. The second kappa shape index (κ2) is 8.04. The maximum atomic E-state index is 12.8. The number of carbonyl (C=O) groups is 1. The predicted octanol–water partition coefficient (Wildman–Crippen LogP) is 3.70. The van der Waals surface area contributed by atoms with Crippen LogP contribution < -0.4 is 5.32 Å². The Balaban J connectivity index is 1.47. The number of aromatic nitrogens is 2. The lowest BCUT2D eigenvalue weighted by molar-refractivity contribution is 0.0951. The van der Waals surface area contributed by atoms with E-state index in [1.165, 1.54) is 6.20 Å². The van der Waals surface area contributed by atoms with Crippen LogP contribution in [0, 0.1) is 6.92 Å². The zero-order chi connectivity index (χ0) is 21.1. The van der Waals surface area contributed by atoms with Gasteiger partial charge in [0.25, 0.3) is 5.91 Å². The number of amides is 1. The minimum atomic E-state index is -3.64. The Labute approximate surface area is 174 Å². The van der Waals surface area contributed by atoms with Gasteiger partial charge < -0.3 is 5.32 Å². The summed E-state index contributed by atoms with van der Waals surface area (Å²) >= 11 is 0. The van der Waals surface area contributed by atoms with Crippen LogP contribution in [0.1, 0.15) is 21.5 Å². The largest absolute Gasteiger partial charge is 0.348 e. The average molecular weight is 417 g/mol. The molecule has 0 bridgehead atoms. The lowest BCUT2D eigenvalue weighted by atomic mass is 10.1. The van der Waals surface area contributed by atoms with E-state index in [0.29, 0.717) is 11.1 Å². The SMILES string of the molecule is Cc1ccncc1S(=O)(=O)c1ccc(CNC(=O)c2ccc3ccncc3c2)cc1. The van der Waals surface area contributed by atoms with Gasteiger partial charge in [0.1, 0.15) is 0 Å². The smallest absolute Gasteiger partial charge is 0.251 e. The van der Waals surface area contributed by atoms with Crippen molar-refractivity contribution in [2.24, 2.45) is 0 Å². The fourth-order valence-electron chi connectivity index (χ4n) is 3.15. The van der Waals surface area contributed by atoms with Gasteiger partial charge in [-0.2, -0.15) is 0 Å². The number of sulfone groups is 1. The number of hydrogen-bond donors (Lipinski definition) is 1. The molecule has 0 fully saturated rings. The van der Waals surface area contributed by atoms with Crippen LogP contribution in [-0.4, -0.2) is 24.3 Å². The van der Waals surface area contributed by atoms with Crippen LogP contribution in [0.3, 0.4) is 0 Å². The predicted molar refractivity (Wildman–Crippen MR) is 114 cm³/mol. The molecule has 0 spiro atoms. The molecule has 30 heavy (non-hydrogen) atoms. The van der Waals surface area contributed by atoms with E-state index in [1.807, 2.05) is 12.1 Å². The number of hydrogen-bond acceptors (Lipinski definition) is 5. The highest BCUT2D eigenvalue weighted by atomic mass is 32.2. The van der Waals surface area contributed by atoms with Crippen molar-refractivity contribution in [2.75, 3.05) is 0 Å². The Hall–Kier alpha value is -3.58. The van der Waals surface area contributed by atoms with Gasteiger partial charge in [0.15, 0.2) is 0 Å². The zero-order valence-corrected chi connectivity index (χ0v) is 17.1. The molecule has 2 heterocycles. The molecule has 6 nitrogen and oxygen atoms in total. The van der Waals surface area contributed by atoms with E-state index >= 15 is 0 Å². The summed E-state index contributed by atoms with van der Waals surface area (Å²) in [6, 6.07) is 15.5. The zero-order valence-electron chi connectivity index (χ0n) is 16.2. The van der Waals surface area contributed by atoms with Crippen molar-refractivity contribution in [3.8, 4) is 0 Å². The summed E-state index contributed by atoms with van der Waals surface area (Å²) in [5, 5.41) is 4.77. The van der Waals surface area contributed by atoms with E-state index in [9.17, 15) is 13.2 Å². The molecule has 0 radical (unpaired) electrons. The number of rotatable bonds is 5. The van der Waals surface area contributed by atoms with Crippen LogP contribution >= 0.6 is 0 Å². The van der Waals surface area contributed by atoms with Gasteiger partial charge in [-0.25, -0.2) is 8.42 Å². The Morgan fingerprint density at radius 2 is 1.63 bits per heavy atom. The van der Waals surface area contributed by atoms with Crippen molar-refractivity contribution in [1.29, 1.82) is 0 Å². The van der Waals surface area contributed by atoms with E-state index in [2.05, 4.69) is 15.3 Å². The summed E-state index contributed by atoms with van der Waals surface area (Å²) in [5.74, 6) is -0.205. The number of nitrogens with one attached hydrogen (secondary N) is 1. The second-order valence-electron chi connectivity index (χ2n) is 6.91. The fraction of sp³-hybridized carbons (Fsp3) is 0.0870. The van der Waals surface area contributed by atoms with E-state index in [0.717, 1.165) is 16.3 Å². The standard InChI is InChI=1S/C23H19N3O3S/c1-16-8-10-25-15-22(16)30(28,29)21-6-2-17(3-7-21)13-26-23(27)19-5-4-18-9-11-24-14-20(18)12-19/h2-12,14-15H,13H2,1H3,(H,26,27). The van der Waals surface area contributed by atoms with Gasteiger partial charge >= 0.3 is 0 Å². The summed E-state index contributed by atoms with van der Waals surface area (Å²) in [4.78, 5) is 20.9. The molecule has 1 amide bonds. The number of carbonyl (C=O) groups excluding carboxylic acids is 1. The molecule has 7 heteroatoms. The number of nitrogens with zero attached hydrogens (tertiary/aromatic N) is 2. The highest BCUT2D eigenvalue weighted by Gasteiger charge is 2.20. The van der Waals surface area contributed by atoms with E-state index in [-0.39, 0.29) is 22.2 Å². The summed E-state index contributed by atoms with van der Waals surface area (Å²) < 4.78 is 25.6. The average Bonchev–Trinajstić information content (AvgIpc) is 2.77. The Morgan fingerprint density at radius 1 is 0.900 bits per heavy atom. The van der Waals surface area contributed by atoms with Crippen molar-refractivity contribution in [3.63, 3.8) is 0 Å². The topological polar surface area (TPSA) is 89.0 Å². The van der Waals surface area contributed by atoms with Crippen LogP contribution in [0.5, 0.6) is 0 Å². The molecule has 4 rings (SSSR count). The number of pyridine rings is 2. The first-order chi connectivity index (χ1) is 14.4. The monoisotopic (exact) mass is 417 g/mol. The van der Waals surface area contributed by atoms with Crippen molar-refractivity contribution >= 4 is 26.5 Å². The Bertz CT molecular complexity index is 1330. The number of fused-ring (bicyclic) bond motifs is 1. The van der Waals surface area contributed by atoms with Gasteiger partial charge in [-0.05, 0) is 59.8 Å². The van der Waals surface area contributed by atoms with Gasteiger partial charge in [0.2, 0.25) is 9.84 Å². The van der Waals surface area contributed by atoms with Crippen molar-refractivity contribution < 1.29 is 13.2 Å². The molecule has 150 valence electrons. The Morgan fingerprint density at radius 3 is 2.40 bits per heavy atom. The van der Waals surface area contributed by atoms with Crippen molar-refractivity contribution in [2.45, 2.75) is 23.3 Å². The minimum absolute atomic E-state index is 0.190. The first-order valence-corrected chi connectivity index (χ1v) is 10.8. The normalized spacial score (nSPS) is 11.4. The summed E-state index contributed by atoms with van der Waals surface area (Å²) in [6.07, 6.45) is 6.35. The molecule has 2 aromatic heterocycles. The van der Waals surface area contributed by atoms with Gasteiger partial charge in [-0.1, -0.05) is 18.2 Å². The molecule has 0 aliphatic carbocycles. The molecular formula is C23H19N3O3S. The molecule has 1 N–H and O–H groups in total. The fourth-order valence-corrected chi connectivity index (χ4v) is 4.59. The first-order valence-electron chi connectivity index (χ1n) is 9.32. The summed E-state index contributed by atoms with van der Waals surface area (Å²) in [6.45, 7) is 2.03. The molecule has 0 saturated carbocycles. The third-order valence-corrected chi connectivity index (χ3v) is 6.77. The van der Waals surface area contributed by atoms with Crippen LogP contribution in [0.2, 0.25) is 0 Å². The number of aryl methyl sites for hydroxylation is 1. The molecule has 0 aliphatic rings. The Kier molecular flexibility index (Phi) is 5.29. The van der Waals surface area contributed by atoms with Gasteiger partial charge in [0.05, 0.1) is 9.79 Å². The van der Waals surface area contributed by atoms with Gasteiger partial charge in [-0.15, -0.1) is 0 Å². The van der Waals surface area contributed by atoms with Gasteiger partial charge in [-0.3, -0.25) is 14.8 Å². The van der Waals surface area contributed by atoms with Gasteiger partial charge in [0, 0.05) is 42.3 Å². The van der Waals surface area contributed by atoms with E-state index in [1.54, 1.807) is 68.0 Å². The van der Waals surface area contributed by atoms with Crippen molar-refractivity contribution in [1.82, 2.24) is 15.3 Å². The molecule has 4 aromatic rings. The third kappa shape index (κ3) is 3.92. The summed E-state index contributed by atoms with van der Waals surface area (Å²) in [5.41, 5.74) is 1.99.